The van der Waals surface area contributed by atoms with Crippen molar-refractivity contribution in [1.29, 1.82) is 0 Å². The third-order valence-corrected chi connectivity index (χ3v) is 3.33. The molecule has 0 saturated heterocycles. The van der Waals surface area contributed by atoms with Crippen LogP contribution in [0.25, 0.3) is 0 Å². The van der Waals surface area contributed by atoms with Crippen molar-refractivity contribution in [3.63, 3.8) is 0 Å². The Labute approximate surface area is 134 Å². The second-order valence-corrected chi connectivity index (χ2v) is 5.44. The Hall–Kier alpha value is -2.82. The van der Waals surface area contributed by atoms with Gasteiger partial charge in [-0.1, -0.05) is 26.0 Å². The Bertz CT molecular complexity index is 675. The number of rotatable bonds is 6. The van der Waals surface area contributed by atoms with Gasteiger partial charge < -0.3 is 15.2 Å². The molecule has 0 spiro atoms. The van der Waals surface area contributed by atoms with Crippen LogP contribution in [0.3, 0.4) is 0 Å². The lowest BCUT2D eigenvalue weighted by atomic mass is 10.0. The summed E-state index contributed by atoms with van der Waals surface area (Å²) in [5, 5.41) is 11.6. The normalized spacial score (nSPS) is 10.4. The minimum absolute atomic E-state index is 0.141. The number of carboxylic acid groups (broad SMARTS) is 1. The molecule has 120 valence electrons. The van der Waals surface area contributed by atoms with E-state index in [4.69, 9.17) is 9.84 Å². The fraction of sp³-hybridized carbons (Fsp3) is 0.222. The summed E-state index contributed by atoms with van der Waals surface area (Å²) in [5.74, 6) is -0.388. The maximum Gasteiger partial charge on any atom is 0.335 e. The van der Waals surface area contributed by atoms with Gasteiger partial charge in [0.2, 0.25) is 0 Å². The fourth-order valence-electron chi connectivity index (χ4n) is 1.99. The van der Waals surface area contributed by atoms with Crippen molar-refractivity contribution in [3.8, 4) is 5.75 Å². The zero-order valence-electron chi connectivity index (χ0n) is 13.1. The Balaban J connectivity index is 1.86. The summed E-state index contributed by atoms with van der Waals surface area (Å²) in [4.78, 5) is 22.6. The van der Waals surface area contributed by atoms with Crippen LogP contribution in [0.1, 0.15) is 35.7 Å². The molecule has 2 aromatic carbocycles. The molecule has 0 atom stereocenters. The highest BCUT2D eigenvalue weighted by Crippen LogP contribution is 2.17. The van der Waals surface area contributed by atoms with Crippen LogP contribution in [0.5, 0.6) is 5.75 Å². The molecule has 2 N–H and O–H groups in total. The number of benzene rings is 2. The van der Waals surface area contributed by atoms with Gasteiger partial charge in [0.15, 0.2) is 6.61 Å². The lowest BCUT2D eigenvalue weighted by molar-refractivity contribution is -0.118. The zero-order valence-corrected chi connectivity index (χ0v) is 13.1. The molecule has 23 heavy (non-hydrogen) atoms. The van der Waals surface area contributed by atoms with Gasteiger partial charge in [-0.25, -0.2) is 4.79 Å². The van der Waals surface area contributed by atoms with Gasteiger partial charge in [0.05, 0.1) is 5.56 Å². The average molecular weight is 313 g/mol. The van der Waals surface area contributed by atoms with Crippen LogP contribution in [0, 0.1) is 0 Å². The highest BCUT2D eigenvalue weighted by atomic mass is 16.5. The molecule has 0 aliphatic heterocycles. The number of carbonyl (C=O) groups is 2. The predicted molar refractivity (Wildman–Crippen MR) is 88.1 cm³/mol. The summed E-state index contributed by atoms with van der Waals surface area (Å²) in [6, 6.07) is 13.6. The molecule has 5 heteroatoms. The van der Waals surface area contributed by atoms with E-state index in [-0.39, 0.29) is 18.1 Å². The maximum atomic E-state index is 11.8. The molecule has 1 amide bonds. The number of ether oxygens (including phenoxy) is 1. The summed E-state index contributed by atoms with van der Waals surface area (Å²) in [5.41, 5.74) is 2.09. The highest BCUT2D eigenvalue weighted by molar-refractivity contribution is 5.92. The molecule has 0 radical (unpaired) electrons. The molecule has 2 aromatic rings. The van der Waals surface area contributed by atoms with E-state index in [0.717, 1.165) is 0 Å². The van der Waals surface area contributed by atoms with Gasteiger partial charge in [0.1, 0.15) is 5.75 Å². The van der Waals surface area contributed by atoms with Crippen molar-refractivity contribution in [1.82, 2.24) is 0 Å². The lowest BCUT2D eigenvalue weighted by Crippen LogP contribution is -2.20. The molecule has 0 unspecified atom stereocenters. The van der Waals surface area contributed by atoms with Gasteiger partial charge in [-0.05, 0) is 47.9 Å². The van der Waals surface area contributed by atoms with E-state index in [0.29, 0.717) is 17.4 Å². The van der Waals surface area contributed by atoms with Crippen molar-refractivity contribution < 1.29 is 19.4 Å². The third kappa shape index (κ3) is 4.85. The first kappa shape index (κ1) is 16.5. The molecule has 0 saturated carbocycles. The summed E-state index contributed by atoms with van der Waals surface area (Å²) in [6.45, 7) is 4.08. The van der Waals surface area contributed by atoms with Crippen molar-refractivity contribution in [2.45, 2.75) is 19.8 Å². The van der Waals surface area contributed by atoms with Crippen LogP contribution in [0.4, 0.5) is 5.69 Å². The molecule has 2 rings (SSSR count). The number of amides is 1. The molecular formula is C18H19NO4. The summed E-state index contributed by atoms with van der Waals surface area (Å²) < 4.78 is 5.33. The fourth-order valence-corrected chi connectivity index (χ4v) is 1.99. The molecule has 0 aliphatic rings. The van der Waals surface area contributed by atoms with Gasteiger partial charge in [-0.3, -0.25) is 4.79 Å². The molecule has 0 bridgehead atoms. The molecule has 5 nitrogen and oxygen atoms in total. The Morgan fingerprint density at radius 1 is 1.04 bits per heavy atom. The van der Waals surface area contributed by atoms with E-state index in [1.54, 1.807) is 0 Å². The molecule has 0 aromatic heterocycles. The largest absolute Gasteiger partial charge is 0.484 e. The van der Waals surface area contributed by atoms with Gasteiger partial charge in [-0.2, -0.15) is 0 Å². The van der Waals surface area contributed by atoms with Gasteiger partial charge in [0.25, 0.3) is 5.91 Å². The second kappa shape index (κ2) is 7.45. The Morgan fingerprint density at radius 2 is 1.65 bits per heavy atom. The number of carboxylic acids is 1. The first-order chi connectivity index (χ1) is 11.0. The first-order valence-electron chi connectivity index (χ1n) is 7.31. The summed E-state index contributed by atoms with van der Waals surface area (Å²) >= 11 is 0. The van der Waals surface area contributed by atoms with E-state index in [2.05, 4.69) is 19.2 Å². The average Bonchev–Trinajstić information content (AvgIpc) is 2.54. The topological polar surface area (TPSA) is 75.6 Å². The number of aromatic carboxylic acids is 1. The third-order valence-electron chi connectivity index (χ3n) is 3.33. The standard InChI is InChI=1S/C18H19NO4/c1-12(2)13-3-7-15(8-4-13)19-17(20)11-23-16-9-5-14(6-10-16)18(21)22/h3-10,12H,11H2,1-2H3,(H,19,20)(H,21,22). The van der Waals surface area contributed by atoms with Crippen molar-refractivity contribution in [2.24, 2.45) is 0 Å². The molecular weight excluding hydrogens is 294 g/mol. The predicted octanol–water partition coefficient (Wildman–Crippen LogP) is 3.53. The van der Waals surface area contributed by atoms with E-state index in [1.165, 1.54) is 29.8 Å². The van der Waals surface area contributed by atoms with Crippen molar-refractivity contribution in [2.75, 3.05) is 11.9 Å². The van der Waals surface area contributed by atoms with E-state index in [1.807, 2.05) is 24.3 Å². The summed E-state index contributed by atoms with van der Waals surface area (Å²) in [6.07, 6.45) is 0. The zero-order chi connectivity index (χ0) is 16.8. The van der Waals surface area contributed by atoms with E-state index in [9.17, 15) is 9.59 Å². The SMILES string of the molecule is CC(C)c1ccc(NC(=O)COc2ccc(C(=O)O)cc2)cc1. The van der Waals surface area contributed by atoms with Crippen LogP contribution in [0.2, 0.25) is 0 Å². The van der Waals surface area contributed by atoms with Crippen LogP contribution in [-0.2, 0) is 4.79 Å². The van der Waals surface area contributed by atoms with E-state index >= 15 is 0 Å². The highest BCUT2D eigenvalue weighted by Gasteiger charge is 2.06. The first-order valence-corrected chi connectivity index (χ1v) is 7.31. The van der Waals surface area contributed by atoms with Gasteiger partial charge in [0, 0.05) is 5.69 Å². The Kier molecular flexibility index (Phi) is 5.36. The number of hydrogen-bond donors (Lipinski definition) is 2. The smallest absolute Gasteiger partial charge is 0.335 e. The second-order valence-electron chi connectivity index (χ2n) is 5.44. The van der Waals surface area contributed by atoms with Gasteiger partial charge >= 0.3 is 5.97 Å². The Morgan fingerprint density at radius 3 is 2.17 bits per heavy atom. The quantitative estimate of drug-likeness (QED) is 0.855. The monoisotopic (exact) mass is 313 g/mol. The lowest BCUT2D eigenvalue weighted by Gasteiger charge is -2.09. The summed E-state index contributed by atoms with van der Waals surface area (Å²) in [7, 11) is 0. The number of hydrogen-bond acceptors (Lipinski definition) is 3. The van der Waals surface area contributed by atoms with Crippen molar-refractivity contribution in [3.05, 3.63) is 59.7 Å². The minimum Gasteiger partial charge on any atom is -0.484 e. The van der Waals surface area contributed by atoms with Crippen LogP contribution in [0.15, 0.2) is 48.5 Å². The van der Waals surface area contributed by atoms with Crippen LogP contribution < -0.4 is 10.1 Å². The molecule has 0 fully saturated rings. The molecule has 0 heterocycles. The van der Waals surface area contributed by atoms with Crippen LogP contribution >= 0.6 is 0 Å². The number of anilines is 1. The minimum atomic E-state index is -1.00. The molecule has 0 aliphatic carbocycles. The van der Waals surface area contributed by atoms with E-state index < -0.39 is 5.97 Å². The number of nitrogens with one attached hydrogen (secondary N) is 1. The number of carbonyl (C=O) groups excluding carboxylic acids is 1. The van der Waals surface area contributed by atoms with Gasteiger partial charge in [-0.15, -0.1) is 0 Å². The maximum absolute atomic E-state index is 11.8. The van der Waals surface area contributed by atoms with Crippen molar-refractivity contribution >= 4 is 17.6 Å². The van der Waals surface area contributed by atoms with Crippen LogP contribution in [-0.4, -0.2) is 23.6 Å².